The lowest BCUT2D eigenvalue weighted by molar-refractivity contribution is 0.714. The lowest BCUT2D eigenvalue weighted by atomic mass is 10.1. The van der Waals surface area contributed by atoms with Gasteiger partial charge in [-0.2, -0.15) is 0 Å². The van der Waals surface area contributed by atoms with Gasteiger partial charge in [0.05, 0.1) is 0 Å². The van der Waals surface area contributed by atoms with Crippen molar-refractivity contribution < 1.29 is 0 Å². The smallest absolute Gasteiger partial charge is 0.138 e. The van der Waals surface area contributed by atoms with Crippen molar-refractivity contribution in [1.29, 1.82) is 0 Å². The maximum Gasteiger partial charge on any atom is 0.138 e. The first kappa shape index (κ1) is 11.2. The van der Waals surface area contributed by atoms with E-state index < -0.39 is 0 Å². The van der Waals surface area contributed by atoms with Crippen LogP contribution in [0.25, 0.3) is 0 Å². The Morgan fingerprint density at radius 1 is 1.29 bits per heavy atom. The topological polar surface area (TPSA) is 51.8 Å². The fourth-order valence-corrected chi connectivity index (χ4v) is 1.68. The molecule has 0 radical (unpaired) electrons. The highest BCUT2D eigenvalue weighted by molar-refractivity contribution is 6.30. The summed E-state index contributed by atoms with van der Waals surface area (Å²) in [5.74, 6) is 1.16. The van der Waals surface area contributed by atoms with Crippen molar-refractivity contribution in [2.75, 3.05) is 5.73 Å². The minimum Gasteiger partial charge on any atom is -0.383 e. The van der Waals surface area contributed by atoms with E-state index in [9.17, 15) is 0 Å². The predicted octanol–water partition coefficient (Wildman–Crippen LogP) is 2.75. The average Bonchev–Trinajstić information content (AvgIpc) is 2.09. The molecule has 0 fully saturated rings. The highest BCUT2D eigenvalue weighted by Gasteiger charge is 2.08. The molecule has 0 unspecified atom stereocenters. The maximum atomic E-state index is 5.98. The Balaban J connectivity index is 2.75. The van der Waals surface area contributed by atoms with Crippen molar-refractivity contribution in [2.45, 2.75) is 39.5 Å². The van der Waals surface area contributed by atoms with Gasteiger partial charge in [-0.15, -0.1) is 0 Å². The predicted molar refractivity (Wildman–Crippen MR) is 59.4 cm³/mol. The van der Waals surface area contributed by atoms with Gasteiger partial charge in [0.2, 0.25) is 0 Å². The molecule has 2 N–H and O–H groups in total. The van der Waals surface area contributed by atoms with Gasteiger partial charge in [-0.05, 0) is 19.8 Å². The third-order valence-corrected chi connectivity index (χ3v) is 2.44. The first-order chi connectivity index (χ1) is 6.65. The van der Waals surface area contributed by atoms with Crippen molar-refractivity contribution in [1.82, 2.24) is 9.97 Å². The Hall–Kier alpha value is -0.830. The molecule has 0 saturated carbocycles. The molecule has 0 spiro atoms. The normalized spacial score (nSPS) is 10.5. The van der Waals surface area contributed by atoms with E-state index in [2.05, 4.69) is 16.9 Å². The monoisotopic (exact) mass is 213 g/mol. The molecule has 1 aromatic heterocycles. The Labute approximate surface area is 89.7 Å². The van der Waals surface area contributed by atoms with Crippen LogP contribution in [0.3, 0.4) is 0 Å². The third kappa shape index (κ3) is 2.84. The number of nitrogen functional groups attached to an aromatic ring is 1. The van der Waals surface area contributed by atoms with Crippen LogP contribution < -0.4 is 5.73 Å². The van der Waals surface area contributed by atoms with E-state index in [1.807, 2.05) is 0 Å². The summed E-state index contributed by atoms with van der Waals surface area (Å²) in [6, 6.07) is 0. The number of halogens is 1. The highest BCUT2D eigenvalue weighted by atomic mass is 35.5. The number of unbranched alkanes of at least 4 members (excludes halogenated alkanes) is 2. The average molecular weight is 214 g/mol. The van der Waals surface area contributed by atoms with Crippen LogP contribution >= 0.6 is 11.6 Å². The van der Waals surface area contributed by atoms with Crippen LogP contribution in [0.1, 0.15) is 37.6 Å². The summed E-state index contributed by atoms with van der Waals surface area (Å²) >= 11 is 5.98. The van der Waals surface area contributed by atoms with E-state index in [0.29, 0.717) is 16.8 Å². The summed E-state index contributed by atoms with van der Waals surface area (Å²) in [7, 11) is 0. The van der Waals surface area contributed by atoms with E-state index in [1.165, 1.54) is 12.8 Å². The number of aromatic nitrogens is 2. The van der Waals surface area contributed by atoms with E-state index in [-0.39, 0.29) is 0 Å². The lowest BCUT2D eigenvalue weighted by Gasteiger charge is -2.06. The second-order valence-corrected chi connectivity index (χ2v) is 3.74. The first-order valence-corrected chi connectivity index (χ1v) is 5.31. The molecule has 4 heteroatoms. The van der Waals surface area contributed by atoms with Gasteiger partial charge >= 0.3 is 0 Å². The van der Waals surface area contributed by atoms with Gasteiger partial charge in [-0.1, -0.05) is 31.4 Å². The molecule has 0 aliphatic rings. The summed E-state index contributed by atoms with van der Waals surface area (Å²) in [5.41, 5.74) is 6.66. The molecule has 1 aromatic rings. The molecule has 0 atom stereocenters. The van der Waals surface area contributed by atoms with Gasteiger partial charge < -0.3 is 5.73 Å². The van der Waals surface area contributed by atoms with Gasteiger partial charge in [0.25, 0.3) is 0 Å². The number of rotatable bonds is 4. The zero-order valence-corrected chi connectivity index (χ0v) is 9.43. The number of nitrogens with two attached hydrogens (primary N) is 1. The standard InChI is InChI=1S/C10H16ClN3/c1-3-4-5-6-8-9(11)13-7(2)14-10(8)12/h3-6H2,1-2H3,(H2,12,13,14). The van der Waals surface area contributed by atoms with Crippen molar-refractivity contribution in [3.8, 4) is 0 Å². The van der Waals surface area contributed by atoms with Crippen LogP contribution in [0.15, 0.2) is 0 Å². The van der Waals surface area contributed by atoms with Crippen molar-refractivity contribution in [3.63, 3.8) is 0 Å². The molecule has 0 saturated heterocycles. The van der Waals surface area contributed by atoms with E-state index in [1.54, 1.807) is 6.92 Å². The number of hydrogen-bond acceptors (Lipinski definition) is 3. The molecular weight excluding hydrogens is 198 g/mol. The van der Waals surface area contributed by atoms with Crippen LogP contribution in [0.4, 0.5) is 5.82 Å². The van der Waals surface area contributed by atoms with Crippen LogP contribution in [0.2, 0.25) is 5.15 Å². The first-order valence-electron chi connectivity index (χ1n) is 4.93. The summed E-state index contributed by atoms with van der Waals surface area (Å²) in [6.07, 6.45) is 4.33. The Morgan fingerprint density at radius 2 is 2.00 bits per heavy atom. The van der Waals surface area contributed by atoms with Crippen LogP contribution in [-0.4, -0.2) is 9.97 Å². The lowest BCUT2D eigenvalue weighted by Crippen LogP contribution is -2.03. The quantitative estimate of drug-likeness (QED) is 0.618. The van der Waals surface area contributed by atoms with Crippen LogP contribution in [0.5, 0.6) is 0 Å². The fraction of sp³-hybridized carbons (Fsp3) is 0.600. The second kappa shape index (κ2) is 5.15. The third-order valence-electron chi connectivity index (χ3n) is 2.13. The van der Waals surface area contributed by atoms with Crippen molar-refractivity contribution in [3.05, 3.63) is 16.5 Å². The highest BCUT2D eigenvalue weighted by Crippen LogP contribution is 2.20. The van der Waals surface area contributed by atoms with Crippen molar-refractivity contribution >= 4 is 17.4 Å². The summed E-state index contributed by atoms with van der Waals surface area (Å²) in [4.78, 5) is 8.18. The molecule has 3 nitrogen and oxygen atoms in total. The molecule has 1 heterocycles. The summed E-state index contributed by atoms with van der Waals surface area (Å²) in [5, 5.41) is 0.506. The molecular formula is C10H16ClN3. The fourth-order valence-electron chi connectivity index (χ4n) is 1.37. The minimum absolute atomic E-state index is 0.506. The van der Waals surface area contributed by atoms with Gasteiger partial charge in [0.1, 0.15) is 16.8 Å². The van der Waals surface area contributed by atoms with Gasteiger partial charge in [0, 0.05) is 5.56 Å². The molecule has 0 aliphatic heterocycles. The van der Waals surface area contributed by atoms with Crippen LogP contribution in [-0.2, 0) is 6.42 Å². The largest absolute Gasteiger partial charge is 0.383 e. The molecule has 0 aliphatic carbocycles. The second-order valence-electron chi connectivity index (χ2n) is 3.38. The zero-order valence-electron chi connectivity index (χ0n) is 8.68. The molecule has 0 aromatic carbocycles. The summed E-state index contributed by atoms with van der Waals surface area (Å²) < 4.78 is 0. The van der Waals surface area contributed by atoms with Crippen LogP contribution in [0, 0.1) is 6.92 Å². The molecule has 1 rings (SSSR count). The van der Waals surface area contributed by atoms with Crippen molar-refractivity contribution in [2.24, 2.45) is 0 Å². The van der Waals surface area contributed by atoms with E-state index in [0.717, 1.165) is 18.4 Å². The molecule has 0 amide bonds. The van der Waals surface area contributed by atoms with E-state index in [4.69, 9.17) is 17.3 Å². The molecule has 78 valence electrons. The number of hydrogen-bond donors (Lipinski definition) is 1. The Kier molecular flexibility index (Phi) is 4.14. The van der Waals surface area contributed by atoms with Gasteiger partial charge in [-0.3, -0.25) is 0 Å². The maximum absolute atomic E-state index is 5.98. The minimum atomic E-state index is 0.506. The molecule has 0 bridgehead atoms. The number of anilines is 1. The van der Waals surface area contributed by atoms with E-state index >= 15 is 0 Å². The Bertz CT molecular complexity index is 289. The molecule has 14 heavy (non-hydrogen) atoms. The van der Waals surface area contributed by atoms with Gasteiger partial charge in [0.15, 0.2) is 0 Å². The SMILES string of the molecule is CCCCCc1c(N)nc(C)nc1Cl. The van der Waals surface area contributed by atoms with Gasteiger partial charge in [-0.25, -0.2) is 9.97 Å². The Morgan fingerprint density at radius 3 is 2.57 bits per heavy atom. The number of aryl methyl sites for hydroxylation is 1. The number of nitrogens with zero attached hydrogens (tertiary/aromatic N) is 2. The zero-order chi connectivity index (χ0) is 10.6. The summed E-state index contributed by atoms with van der Waals surface area (Å²) in [6.45, 7) is 3.95.